The second kappa shape index (κ2) is 10.8. The van der Waals surface area contributed by atoms with Crippen molar-refractivity contribution in [3.05, 3.63) is 0 Å². The lowest BCUT2D eigenvalue weighted by Gasteiger charge is -2.28. The first-order valence-electron chi connectivity index (χ1n) is 7.23. The Hall–Kier alpha value is 0.0900. The molecule has 0 radical (unpaired) electrons. The van der Waals surface area contributed by atoms with Gasteiger partial charge in [0.25, 0.3) is 0 Å². The van der Waals surface area contributed by atoms with Crippen molar-refractivity contribution in [2.45, 2.75) is 77.4 Å². The van der Waals surface area contributed by atoms with Gasteiger partial charge in [-0.1, -0.05) is 44.0 Å². The predicted molar refractivity (Wildman–Crippen MR) is 78.3 cm³/mol. The topological polar surface area (TPSA) is 59.0 Å². The number of nitrogens with zero attached hydrogens (tertiary/aromatic N) is 2. The summed E-state index contributed by atoms with van der Waals surface area (Å²) >= 11 is 6.07. The molecular formula is C13H30ClN3O2. The summed E-state index contributed by atoms with van der Waals surface area (Å²) in [7, 11) is 0. The van der Waals surface area contributed by atoms with E-state index in [0.717, 1.165) is 36.0 Å². The molecule has 0 aliphatic carbocycles. The van der Waals surface area contributed by atoms with E-state index in [9.17, 15) is 10.4 Å². The third kappa shape index (κ3) is 9.60. The average Bonchev–Trinajstić information content (AvgIpc) is 2.34. The maximum atomic E-state index is 9.74. The van der Waals surface area contributed by atoms with E-state index >= 15 is 0 Å². The first-order valence-corrected chi connectivity index (χ1v) is 7.66. The van der Waals surface area contributed by atoms with Gasteiger partial charge in [-0.05, 0) is 26.2 Å². The molecule has 2 unspecified atom stereocenters. The van der Waals surface area contributed by atoms with Gasteiger partial charge in [0, 0.05) is 18.6 Å². The van der Waals surface area contributed by atoms with Crippen LogP contribution in [0.2, 0.25) is 0 Å². The summed E-state index contributed by atoms with van der Waals surface area (Å²) in [6, 6.07) is 0.763. The van der Waals surface area contributed by atoms with E-state index in [1.54, 1.807) is 0 Å². The molecule has 0 spiro atoms. The fourth-order valence-electron chi connectivity index (χ4n) is 1.91. The molecule has 0 aliphatic heterocycles. The Morgan fingerprint density at radius 1 is 1.11 bits per heavy atom. The maximum absolute atomic E-state index is 9.74. The molecule has 0 aromatic rings. The van der Waals surface area contributed by atoms with Crippen LogP contribution in [0.5, 0.6) is 0 Å². The summed E-state index contributed by atoms with van der Waals surface area (Å²) in [4.78, 5) is 0. The van der Waals surface area contributed by atoms with Crippen LogP contribution in [0, 0.1) is 0 Å². The minimum Gasteiger partial charge on any atom is -0.312 e. The van der Waals surface area contributed by atoms with E-state index in [-0.39, 0.29) is 0 Å². The van der Waals surface area contributed by atoms with Crippen molar-refractivity contribution in [3.8, 4) is 0 Å². The average molecular weight is 296 g/mol. The number of halogens is 1. The van der Waals surface area contributed by atoms with Crippen LogP contribution in [0.3, 0.4) is 0 Å². The number of nitrogens with one attached hydrogen (secondary N) is 1. The van der Waals surface area contributed by atoms with Crippen LogP contribution in [0.1, 0.15) is 59.8 Å². The monoisotopic (exact) mass is 295 g/mol. The maximum Gasteiger partial charge on any atom is 0.127 e. The van der Waals surface area contributed by atoms with E-state index in [1.165, 1.54) is 0 Å². The van der Waals surface area contributed by atoms with Crippen molar-refractivity contribution in [3.63, 3.8) is 0 Å². The number of hydroxylamine groups is 2. The molecule has 0 saturated heterocycles. The van der Waals surface area contributed by atoms with E-state index in [0.29, 0.717) is 25.0 Å². The minimum absolute atomic E-state index is 0.335. The van der Waals surface area contributed by atoms with Gasteiger partial charge in [0.1, 0.15) is 5.50 Å². The van der Waals surface area contributed by atoms with Gasteiger partial charge >= 0.3 is 0 Å². The van der Waals surface area contributed by atoms with Crippen molar-refractivity contribution in [1.29, 1.82) is 0 Å². The summed E-state index contributed by atoms with van der Waals surface area (Å²) in [5, 5.41) is 24.3. The van der Waals surface area contributed by atoms with Gasteiger partial charge in [0.05, 0.1) is 0 Å². The number of hydrogen-bond donors (Lipinski definition) is 3. The molecule has 0 aliphatic rings. The molecule has 2 atom stereocenters. The highest BCUT2D eigenvalue weighted by molar-refractivity contribution is 6.20. The van der Waals surface area contributed by atoms with Crippen molar-refractivity contribution >= 4 is 11.6 Å². The van der Waals surface area contributed by atoms with Crippen molar-refractivity contribution in [2.24, 2.45) is 0 Å². The van der Waals surface area contributed by atoms with Gasteiger partial charge in [0.15, 0.2) is 0 Å². The molecule has 0 heterocycles. The van der Waals surface area contributed by atoms with Gasteiger partial charge < -0.3 is 5.32 Å². The summed E-state index contributed by atoms with van der Waals surface area (Å²) < 4.78 is 0. The van der Waals surface area contributed by atoms with Crippen molar-refractivity contribution in [2.75, 3.05) is 6.54 Å². The lowest BCUT2D eigenvalue weighted by molar-refractivity contribution is -0.374. The normalized spacial score (nSPS) is 15.5. The SMILES string of the molecule is CCCCCN(O)N(O)C(Cl)CCC(C)NC(C)C. The number of rotatable bonds is 11. The zero-order valence-corrected chi connectivity index (χ0v) is 13.4. The molecule has 0 saturated carbocycles. The van der Waals surface area contributed by atoms with Crippen LogP contribution in [-0.2, 0) is 0 Å². The third-order valence-electron chi connectivity index (χ3n) is 2.90. The Balaban J connectivity index is 3.88. The highest BCUT2D eigenvalue weighted by Crippen LogP contribution is 2.13. The molecule has 0 aromatic heterocycles. The molecule has 5 nitrogen and oxygen atoms in total. The summed E-state index contributed by atoms with van der Waals surface area (Å²) in [5.74, 6) is 0. The van der Waals surface area contributed by atoms with Gasteiger partial charge in [0.2, 0.25) is 0 Å². The largest absolute Gasteiger partial charge is 0.312 e. The molecule has 19 heavy (non-hydrogen) atoms. The van der Waals surface area contributed by atoms with Crippen LogP contribution < -0.4 is 5.32 Å². The molecule has 116 valence electrons. The summed E-state index contributed by atoms with van der Waals surface area (Å²) in [6.07, 6.45) is 4.37. The molecule has 0 rings (SSSR count). The fraction of sp³-hybridized carbons (Fsp3) is 1.00. The zero-order chi connectivity index (χ0) is 14.8. The molecule has 0 bridgehead atoms. The molecular weight excluding hydrogens is 266 g/mol. The highest BCUT2D eigenvalue weighted by atomic mass is 35.5. The smallest absolute Gasteiger partial charge is 0.127 e. The number of alkyl halides is 1. The second-order valence-corrected chi connectivity index (χ2v) is 5.86. The highest BCUT2D eigenvalue weighted by Gasteiger charge is 2.20. The van der Waals surface area contributed by atoms with Gasteiger partial charge in [-0.25, -0.2) is 0 Å². The Morgan fingerprint density at radius 3 is 2.26 bits per heavy atom. The summed E-state index contributed by atoms with van der Waals surface area (Å²) in [5.41, 5.74) is -0.608. The van der Waals surface area contributed by atoms with Gasteiger partial charge in [-0.2, -0.15) is 0 Å². The molecule has 0 amide bonds. The van der Waals surface area contributed by atoms with Crippen LogP contribution in [0.15, 0.2) is 0 Å². The molecule has 6 heteroatoms. The van der Waals surface area contributed by atoms with Gasteiger partial charge in [-0.15, -0.1) is 11.6 Å². The van der Waals surface area contributed by atoms with Crippen LogP contribution >= 0.6 is 11.6 Å². The number of hydrogen-bond acceptors (Lipinski definition) is 5. The lowest BCUT2D eigenvalue weighted by Crippen LogP contribution is -2.43. The van der Waals surface area contributed by atoms with E-state index in [1.807, 2.05) is 0 Å². The molecule has 3 N–H and O–H groups in total. The first kappa shape index (κ1) is 19.1. The number of hydrazine groups is 1. The molecule has 0 aromatic carbocycles. The van der Waals surface area contributed by atoms with Crippen molar-refractivity contribution in [1.82, 2.24) is 15.7 Å². The predicted octanol–water partition coefficient (Wildman–Crippen LogP) is 3.21. The fourth-order valence-corrected chi connectivity index (χ4v) is 2.13. The Bertz CT molecular complexity index is 220. The van der Waals surface area contributed by atoms with Crippen molar-refractivity contribution < 1.29 is 10.4 Å². The Kier molecular flexibility index (Phi) is 10.9. The Labute approximate surface area is 122 Å². The van der Waals surface area contributed by atoms with Crippen LogP contribution in [-0.4, -0.2) is 44.9 Å². The van der Waals surface area contributed by atoms with E-state index < -0.39 is 5.50 Å². The quantitative estimate of drug-likeness (QED) is 0.236. The second-order valence-electron chi connectivity index (χ2n) is 5.36. The Morgan fingerprint density at radius 2 is 1.74 bits per heavy atom. The van der Waals surface area contributed by atoms with Crippen LogP contribution in [0.4, 0.5) is 0 Å². The number of unbranched alkanes of at least 4 members (excludes halogenated alkanes) is 2. The minimum atomic E-state index is -0.608. The summed E-state index contributed by atoms with van der Waals surface area (Å²) in [6.45, 7) is 8.76. The molecule has 0 fully saturated rings. The van der Waals surface area contributed by atoms with E-state index in [2.05, 4.69) is 33.0 Å². The zero-order valence-electron chi connectivity index (χ0n) is 12.6. The van der Waals surface area contributed by atoms with Crippen LogP contribution in [0.25, 0.3) is 0 Å². The third-order valence-corrected chi connectivity index (χ3v) is 3.30. The first-order chi connectivity index (χ1) is 8.88. The standard InChI is InChI=1S/C13H30ClN3O2/c1-5-6-7-10-16(18)17(19)13(14)9-8-12(4)15-11(2)3/h11-13,15,18-19H,5-10H2,1-4H3. The van der Waals surface area contributed by atoms with E-state index in [4.69, 9.17) is 11.6 Å². The van der Waals surface area contributed by atoms with Gasteiger partial charge in [-0.3, -0.25) is 10.4 Å². The lowest BCUT2D eigenvalue weighted by atomic mass is 10.1.